The van der Waals surface area contributed by atoms with Crippen molar-refractivity contribution in [3.8, 4) is 0 Å². The molecule has 0 atom stereocenters. The molecule has 0 heterocycles. The molecule has 0 saturated heterocycles. The Morgan fingerprint density at radius 3 is 2.62 bits per heavy atom. The van der Waals surface area contributed by atoms with Crippen LogP contribution >= 0.6 is 0 Å². The lowest BCUT2D eigenvalue weighted by Gasteiger charge is -2.06. The van der Waals surface area contributed by atoms with E-state index in [1.54, 1.807) is 0 Å². The van der Waals surface area contributed by atoms with Crippen LogP contribution in [0.2, 0.25) is 0 Å². The van der Waals surface area contributed by atoms with Crippen LogP contribution in [0.1, 0.15) is 13.8 Å². The SMILES string of the molecule is CC(C)/C(=C/Nc1ccc(F)cc1F)N=N. The number of benzene rings is 1. The average molecular weight is 225 g/mol. The Hall–Kier alpha value is -1.78. The van der Waals surface area contributed by atoms with Gasteiger partial charge in [0, 0.05) is 12.3 Å². The Balaban J connectivity index is 2.85. The summed E-state index contributed by atoms with van der Waals surface area (Å²) in [7, 11) is 0. The molecule has 1 rings (SSSR count). The minimum absolute atomic E-state index is 0.0634. The molecule has 0 aromatic heterocycles. The Morgan fingerprint density at radius 2 is 2.12 bits per heavy atom. The van der Waals surface area contributed by atoms with Crippen LogP contribution in [0.3, 0.4) is 0 Å². The predicted molar refractivity (Wildman–Crippen MR) is 58.0 cm³/mol. The van der Waals surface area contributed by atoms with Gasteiger partial charge in [-0.2, -0.15) is 5.11 Å². The maximum Gasteiger partial charge on any atom is 0.149 e. The zero-order valence-electron chi connectivity index (χ0n) is 9.09. The van der Waals surface area contributed by atoms with Crippen LogP contribution in [0.25, 0.3) is 0 Å². The lowest BCUT2D eigenvalue weighted by Crippen LogP contribution is -1.98. The van der Waals surface area contributed by atoms with Gasteiger partial charge in [0.25, 0.3) is 0 Å². The van der Waals surface area contributed by atoms with E-state index in [9.17, 15) is 8.78 Å². The van der Waals surface area contributed by atoms with E-state index in [0.29, 0.717) is 5.70 Å². The van der Waals surface area contributed by atoms with E-state index in [2.05, 4.69) is 10.4 Å². The van der Waals surface area contributed by atoms with Crippen molar-refractivity contribution in [3.05, 3.63) is 41.7 Å². The van der Waals surface area contributed by atoms with Crippen LogP contribution in [0.4, 0.5) is 14.5 Å². The minimum atomic E-state index is -0.677. The van der Waals surface area contributed by atoms with Gasteiger partial charge in [-0.05, 0) is 18.1 Å². The van der Waals surface area contributed by atoms with E-state index in [1.807, 2.05) is 13.8 Å². The molecule has 0 saturated carbocycles. The zero-order valence-corrected chi connectivity index (χ0v) is 9.09. The fraction of sp³-hybridized carbons (Fsp3) is 0.273. The third-order valence-electron chi connectivity index (χ3n) is 2.03. The summed E-state index contributed by atoms with van der Waals surface area (Å²) in [6, 6.07) is 3.25. The van der Waals surface area contributed by atoms with E-state index in [1.165, 1.54) is 12.3 Å². The summed E-state index contributed by atoms with van der Waals surface area (Å²) in [5.41, 5.74) is 7.55. The number of hydrogen-bond acceptors (Lipinski definition) is 3. The second kappa shape index (κ2) is 5.34. The summed E-state index contributed by atoms with van der Waals surface area (Å²) >= 11 is 0. The quantitative estimate of drug-likeness (QED) is 0.750. The average Bonchev–Trinajstić information content (AvgIpc) is 2.21. The number of anilines is 1. The van der Waals surface area contributed by atoms with E-state index in [-0.39, 0.29) is 11.6 Å². The normalized spacial score (nSPS) is 11.7. The Kier molecular flexibility index (Phi) is 4.10. The van der Waals surface area contributed by atoms with E-state index in [0.717, 1.165) is 12.1 Å². The first-order valence-corrected chi connectivity index (χ1v) is 4.83. The highest BCUT2D eigenvalue weighted by molar-refractivity contribution is 5.47. The molecular weight excluding hydrogens is 212 g/mol. The topological polar surface area (TPSA) is 48.2 Å². The van der Waals surface area contributed by atoms with Crippen molar-refractivity contribution >= 4 is 5.69 Å². The molecular formula is C11H13F2N3. The molecule has 5 heteroatoms. The first kappa shape index (κ1) is 12.3. The molecule has 86 valence electrons. The molecule has 0 aliphatic heterocycles. The van der Waals surface area contributed by atoms with Crippen molar-refractivity contribution in [1.29, 1.82) is 5.53 Å². The second-order valence-corrected chi connectivity index (χ2v) is 3.60. The highest BCUT2D eigenvalue weighted by Gasteiger charge is 2.04. The zero-order chi connectivity index (χ0) is 12.1. The van der Waals surface area contributed by atoms with Crippen molar-refractivity contribution in [1.82, 2.24) is 0 Å². The first-order chi connectivity index (χ1) is 7.54. The molecule has 2 N–H and O–H groups in total. The molecule has 0 aliphatic carbocycles. The van der Waals surface area contributed by atoms with Gasteiger partial charge in [0.1, 0.15) is 11.6 Å². The monoisotopic (exact) mass is 225 g/mol. The fourth-order valence-corrected chi connectivity index (χ4v) is 1.09. The van der Waals surface area contributed by atoms with Gasteiger partial charge in [-0.25, -0.2) is 14.3 Å². The largest absolute Gasteiger partial charge is 0.358 e. The van der Waals surface area contributed by atoms with Gasteiger partial charge in [-0.15, -0.1) is 0 Å². The summed E-state index contributed by atoms with van der Waals surface area (Å²) in [6.07, 6.45) is 1.44. The molecule has 0 bridgehead atoms. The molecule has 1 aromatic rings. The van der Waals surface area contributed by atoms with E-state index < -0.39 is 11.6 Å². The van der Waals surface area contributed by atoms with Crippen molar-refractivity contribution in [2.24, 2.45) is 11.0 Å². The number of allylic oxidation sites excluding steroid dienone is 1. The molecule has 0 spiro atoms. The second-order valence-electron chi connectivity index (χ2n) is 3.60. The van der Waals surface area contributed by atoms with Crippen molar-refractivity contribution in [2.75, 3.05) is 5.32 Å². The van der Waals surface area contributed by atoms with Crippen LogP contribution in [0.15, 0.2) is 35.2 Å². The molecule has 0 fully saturated rings. The molecule has 0 amide bonds. The Bertz CT molecular complexity index is 414. The number of nitrogens with zero attached hydrogens (tertiary/aromatic N) is 1. The summed E-state index contributed by atoms with van der Waals surface area (Å²) in [5.74, 6) is -1.24. The fourth-order valence-electron chi connectivity index (χ4n) is 1.09. The van der Waals surface area contributed by atoms with Crippen molar-refractivity contribution in [2.45, 2.75) is 13.8 Å². The van der Waals surface area contributed by atoms with Gasteiger partial charge >= 0.3 is 0 Å². The number of rotatable bonds is 4. The smallest absolute Gasteiger partial charge is 0.149 e. The molecule has 0 unspecified atom stereocenters. The molecule has 1 aromatic carbocycles. The molecule has 16 heavy (non-hydrogen) atoms. The highest BCUT2D eigenvalue weighted by atomic mass is 19.1. The van der Waals surface area contributed by atoms with Crippen LogP contribution in [-0.4, -0.2) is 0 Å². The Labute approximate surface area is 92.7 Å². The predicted octanol–water partition coefficient (Wildman–Crippen LogP) is 3.91. The van der Waals surface area contributed by atoms with Crippen LogP contribution < -0.4 is 5.32 Å². The lowest BCUT2D eigenvalue weighted by molar-refractivity contribution is 0.586. The maximum absolute atomic E-state index is 13.2. The number of halogens is 2. The third kappa shape index (κ3) is 3.12. The van der Waals surface area contributed by atoms with Gasteiger partial charge in [0.2, 0.25) is 0 Å². The molecule has 3 nitrogen and oxygen atoms in total. The first-order valence-electron chi connectivity index (χ1n) is 4.83. The highest BCUT2D eigenvalue weighted by Crippen LogP contribution is 2.17. The van der Waals surface area contributed by atoms with Gasteiger partial charge in [0.05, 0.1) is 11.4 Å². The van der Waals surface area contributed by atoms with Crippen LogP contribution in [0, 0.1) is 23.1 Å². The Morgan fingerprint density at radius 1 is 1.44 bits per heavy atom. The summed E-state index contributed by atoms with van der Waals surface area (Å²) in [6.45, 7) is 3.74. The van der Waals surface area contributed by atoms with E-state index in [4.69, 9.17) is 5.53 Å². The van der Waals surface area contributed by atoms with E-state index >= 15 is 0 Å². The van der Waals surface area contributed by atoms with Crippen LogP contribution in [-0.2, 0) is 0 Å². The van der Waals surface area contributed by atoms with Gasteiger partial charge in [0.15, 0.2) is 0 Å². The standard InChI is InChI=1S/C11H13F2N3/c1-7(2)11(16-14)6-15-10-4-3-8(12)5-9(10)13/h3-7,14-15H,1-2H3/b11-6-,16-14?. The summed E-state index contributed by atoms with van der Waals surface area (Å²) in [4.78, 5) is 0. The van der Waals surface area contributed by atoms with Gasteiger partial charge in [-0.3, -0.25) is 0 Å². The van der Waals surface area contributed by atoms with Gasteiger partial charge in [-0.1, -0.05) is 13.8 Å². The third-order valence-corrected chi connectivity index (χ3v) is 2.03. The lowest BCUT2D eigenvalue weighted by atomic mass is 10.1. The molecule has 0 aliphatic rings. The maximum atomic E-state index is 13.2. The molecule has 0 radical (unpaired) electrons. The van der Waals surface area contributed by atoms with Crippen LogP contribution in [0.5, 0.6) is 0 Å². The summed E-state index contributed by atoms with van der Waals surface area (Å²) < 4.78 is 25.8. The summed E-state index contributed by atoms with van der Waals surface area (Å²) in [5, 5.41) is 5.96. The minimum Gasteiger partial charge on any atom is -0.358 e. The van der Waals surface area contributed by atoms with Crippen molar-refractivity contribution in [3.63, 3.8) is 0 Å². The number of nitrogens with one attached hydrogen (secondary N) is 2. The van der Waals surface area contributed by atoms with Crippen molar-refractivity contribution < 1.29 is 8.78 Å². The van der Waals surface area contributed by atoms with Gasteiger partial charge < -0.3 is 5.32 Å². The number of hydrogen-bond donors (Lipinski definition) is 2.